The zero-order valence-electron chi connectivity index (χ0n) is 12.6. The van der Waals surface area contributed by atoms with Gasteiger partial charge >= 0.3 is 0 Å². The van der Waals surface area contributed by atoms with Crippen LogP contribution in [0.25, 0.3) is 10.9 Å². The van der Waals surface area contributed by atoms with Crippen molar-refractivity contribution in [3.8, 4) is 6.07 Å². The smallest absolute Gasteiger partial charge is 0.128 e. The number of anilines is 1. The van der Waals surface area contributed by atoms with E-state index < -0.39 is 0 Å². The van der Waals surface area contributed by atoms with E-state index in [0.717, 1.165) is 22.6 Å². The Labute approximate surface area is 126 Å². The molecule has 1 aliphatic carbocycles. The summed E-state index contributed by atoms with van der Waals surface area (Å²) in [7, 11) is 0. The first-order valence-corrected chi connectivity index (χ1v) is 7.79. The molecule has 1 aromatic heterocycles. The molecule has 3 nitrogen and oxygen atoms in total. The van der Waals surface area contributed by atoms with E-state index in [1.165, 1.54) is 19.3 Å². The molecule has 108 valence electrons. The molecule has 1 saturated carbocycles. The van der Waals surface area contributed by atoms with Crippen LogP contribution in [0.1, 0.15) is 38.7 Å². The maximum absolute atomic E-state index is 9.35. The van der Waals surface area contributed by atoms with Crippen LogP contribution in [0.5, 0.6) is 0 Å². The first kappa shape index (κ1) is 13.9. The molecule has 1 N–H and O–H groups in total. The molecule has 21 heavy (non-hydrogen) atoms. The second-order valence-electron chi connectivity index (χ2n) is 6.04. The van der Waals surface area contributed by atoms with E-state index in [2.05, 4.69) is 30.2 Å². The van der Waals surface area contributed by atoms with Crippen molar-refractivity contribution in [1.29, 1.82) is 5.26 Å². The lowest BCUT2D eigenvalue weighted by Gasteiger charge is -2.21. The van der Waals surface area contributed by atoms with E-state index in [4.69, 9.17) is 0 Å². The Bertz CT molecular complexity index is 686. The van der Waals surface area contributed by atoms with Crippen LogP contribution in [0.3, 0.4) is 0 Å². The number of nitriles is 1. The summed E-state index contributed by atoms with van der Waals surface area (Å²) in [4.78, 5) is 4.67. The standard InChI is InChI=1S/C18H21N3/c1-3-13-8-9-16(12(13)2)20-18-10-14(11-19)15-6-4-5-7-17(15)21-18/h4-7,10,12-13,16H,3,8-9H2,1-2H3,(H,20,21). The fourth-order valence-corrected chi connectivity index (χ4v) is 3.56. The number of nitrogens with one attached hydrogen (secondary N) is 1. The highest BCUT2D eigenvalue weighted by Gasteiger charge is 2.31. The summed E-state index contributed by atoms with van der Waals surface area (Å²) in [6, 6.07) is 12.5. The second kappa shape index (κ2) is 5.73. The number of hydrogen-bond acceptors (Lipinski definition) is 3. The van der Waals surface area contributed by atoms with Crippen LogP contribution in [0.2, 0.25) is 0 Å². The second-order valence-corrected chi connectivity index (χ2v) is 6.04. The minimum atomic E-state index is 0.468. The van der Waals surface area contributed by atoms with E-state index >= 15 is 0 Å². The first-order chi connectivity index (χ1) is 10.2. The van der Waals surface area contributed by atoms with Gasteiger partial charge in [-0.05, 0) is 36.8 Å². The molecule has 0 saturated heterocycles. The van der Waals surface area contributed by atoms with Crippen LogP contribution in [0, 0.1) is 23.2 Å². The average molecular weight is 279 g/mol. The highest BCUT2D eigenvalue weighted by molar-refractivity contribution is 5.86. The van der Waals surface area contributed by atoms with Crippen LogP contribution < -0.4 is 5.32 Å². The summed E-state index contributed by atoms with van der Waals surface area (Å²) in [5.41, 5.74) is 1.58. The third kappa shape index (κ3) is 2.58. The predicted octanol–water partition coefficient (Wildman–Crippen LogP) is 4.34. The predicted molar refractivity (Wildman–Crippen MR) is 86.0 cm³/mol. The van der Waals surface area contributed by atoms with Gasteiger partial charge in [0.2, 0.25) is 0 Å². The number of para-hydroxylation sites is 1. The summed E-state index contributed by atoms with van der Waals surface area (Å²) in [5.74, 6) is 2.30. The van der Waals surface area contributed by atoms with E-state index in [1.807, 2.05) is 30.3 Å². The molecule has 0 spiro atoms. The van der Waals surface area contributed by atoms with Gasteiger partial charge in [0, 0.05) is 11.4 Å². The Morgan fingerprint density at radius 2 is 2.14 bits per heavy atom. The third-order valence-corrected chi connectivity index (χ3v) is 4.92. The van der Waals surface area contributed by atoms with Crippen LogP contribution in [-0.2, 0) is 0 Å². The molecular formula is C18H21N3. The normalized spacial score (nSPS) is 24.9. The fourth-order valence-electron chi connectivity index (χ4n) is 3.56. The van der Waals surface area contributed by atoms with Gasteiger partial charge in [0.15, 0.2) is 0 Å². The Morgan fingerprint density at radius 3 is 2.86 bits per heavy atom. The van der Waals surface area contributed by atoms with Crippen molar-refractivity contribution in [1.82, 2.24) is 4.98 Å². The highest BCUT2D eigenvalue weighted by atomic mass is 15.0. The van der Waals surface area contributed by atoms with Crippen molar-refractivity contribution < 1.29 is 0 Å². The molecule has 0 aliphatic heterocycles. The van der Waals surface area contributed by atoms with Gasteiger partial charge in [0.1, 0.15) is 5.82 Å². The summed E-state index contributed by atoms with van der Waals surface area (Å²) < 4.78 is 0. The van der Waals surface area contributed by atoms with Crippen LogP contribution in [-0.4, -0.2) is 11.0 Å². The lowest BCUT2D eigenvalue weighted by atomic mass is 9.93. The van der Waals surface area contributed by atoms with Crippen molar-refractivity contribution in [2.45, 2.75) is 39.2 Å². The lowest BCUT2D eigenvalue weighted by molar-refractivity contribution is 0.391. The lowest BCUT2D eigenvalue weighted by Crippen LogP contribution is -2.25. The minimum absolute atomic E-state index is 0.468. The van der Waals surface area contributed by atoms with Gasteiger partial charge < -0.3 is 5.32 Å². The zero-order valence-corrected chi connectivity index (χ0v) is 12.6. The number of aromatic nitrogens is 1. The van der Waals surface area contributed by atoms with Crippen molar-refractivity contribution in [3.63, 3.8) is 0 Å². The molecule has 0 bridgehead atoms. The fraction of sp³-hybridized carbons (Fsp3) is 0.444. The largest absolute Gasteiger partial charge is 0.367 e. The molecule has 1 aromatic carbocycles. The highest BCUT2D eigenvalue weighted by Crippen LogP contribution is 2.35. The SMILES string of the molecule is CCC1CCC(Nc2cc(C#N)c3ccccc3n2)C1C. The summed E-state index contributed by atoms with van der Waals surface area (Å²) in [6.07, 6.45) is 3.72. The minimum Gasteiger partial charge on any atom is -0.367 e. The molecule has 1 aliphatic rings. The molecule has 3 atom stereocenters. The molecule has 1 fully saturated rings. The maximum atomic E-state index is 9.35. The van der Waals surface area contributed by atoms with Crippen molar-refractivity contribution in [2.75, 3.05) is 5.32 Å². The van der Waals surface area contributed by atoms with Crippen molar-refractivity contribution in [3.05, 3.63) is 35.9 Å². The Hall–Kier alpha value is -2.08. The van der Waals surface area contributed by atoms with E-state index in [-0.39, 0.29) is 0 Å². The van der Waals surface area contributed by atoms with Gasteiger partial charge in [-0.3, -0.25) is 0 Å². The van der Waals surface area contributed by atoms with Crippen molar-refractivity contribution >= 4 is 16.7 Å². The molecule has 3 heteroatoms. The third-order valence-electron chi connectivity index (χ3n) is 4.92. The number of nitrogens with zero attached hydrogens (tertiary/aromatic N) is 2. The van der Waals surface area contributed by atoms with E-state index in [1.54, 1.807) is 0 Å². The van der Waals surface area contributed by atoms with E-state index in [9.17, 15) is 5.26 Å². The number of pyridine rings is 1. The Morgan fingerprint density at radius 1 is 1.33 bits per heavy atom. The molecule has 1 heterocycles. The summed E-state index contributed by atoms with van der Waals surface area (Å²) >= 11 is 0. The number of rotatable bonds is 3. The van der Waals surface area contributed by atoms with Gasteiger partial charge in [-0.25, -0.2) is 4.98 Å². The zero-order chi connectivity index (χ0) is 14.8. The van der Waals surface area contributed by atoms with Crippen LogP contribution in [0.15, 0.2) is 30.3 Å². The monoisotopic (exact) mass is 279 g/mol. The van der Waals surface area contributed by atoms with Gasteiger partial charge in [0.05, 0.1) is 17.1 Å². The summed E-state index contributed by atoms with van der Waals surface area (Å²) in [6.45, 7) is 4.59. The average Bonchev–Trinajstić information content (AvgIpc) is 2.86. The van der Waals surface area contributed by atoms with Crippen LogP contribution >= 0.6 is 0 Å². The van der Waals surface area contributed by atoms with E-state index in [0.29, 0.717) is 17.5 Å². The molecular weight excluding hydrogens is 258 g/mol. The number of hydrogen-bond donors (Lipinski definition) is 1. The molecule has 3 rings (SSSR count). The Balaban J connectivity index is 1.90. The first-order valence-electron chi connectivity index (χ1n) is 7.79. The molecule has 2 aromatic rings. The van der Waals surface area contributed by atoms with Gasteiger partial charge in [-0.15, -0.1) is 0 Å². The van der Waals surface area contributed by atoms with Gasteiger partial charge in [0.25, 0.3) is 0 Å². The van der Waals surface area contributed by atoms with Gasteiger partial charge in [-0.2, -0.15) is 5.26 Å². The summed E-state index contributed by atoms with van der Waals surface area (Å²) in [5, 5.41) is 13.8. The van der Waals surface area contributed by atoms with Gasteiger partial charge in [-0.1, -0.05) is 38.5 Å². The maximum Gasteiger partial charge on any atom is 0.128 e. The van der Waals surface area contributed by atoms with Crippen molar-refractivity contribution in [2.24, 2.45) is 11.8 Å². The molecule has 0 radical (unpaired) electrons. The van der Waals surface area contributed by atoms with Crippen LogP contribution in [0.4, 0.5) is 5.82 Å². The molecule has 3 unspecified atom stereocenters. The Kier molecular flexibility index (Phi) is 3.79. The number of benzene rings is 1. The topological polar surface area (TPSA) is 48.7 Å². The number of fused-ring (bicyclic) bond motifs is 1. The molecule has 0 amide bonds. The quantitative estimate of drug-likeness (QED) is 0.909.